The molecule has 0 saturated carbocycles. The van der Waals surface area contributed by atoms with Crippen LogP contribution < -0.4 is 5.73 Å². The van der Waals surface area contributed by atoms with Crippen LogP contribution in [0, 0.1) is 0 Å². The molecule has 7 nitrogen and oxygen atoms in total. The number of carboxylic acid groups (broad SMARTS) is 1. The minimum absolute atomic E-state index is 0.394. The van der Waals surface area contributed by atoms with Gasteiger partial charge in [-0.1, -0.05) is 13.2 Å². The van der Waals surface area contributed by atoms with Gasteiger partial charge in [-0.05, 0) is 0 Å². The van der Waals surface area contributed by atoms with E-state index in [1.54, 1.807) is 0 Å². The van der Waals surface area contributed by atoms with Crippen molar-refractivity contribution in [2.45, 2.75) is 0 Å². The van der Waals surface area contributed by atoms with E-state index in [9.17, 15) is 9.59 Å². The topological polar surface area (TPSA) is 116 Å². The van der Waals surface area contributed by atoms with Crippen LogP contribution in [0.15, 0.2) is 25.3 Å². The predicted octanol–water partition coefficient (Wildman–Crippen LogP) is 0.314. The molecule has 0 heterocycles. The summed E-state index contributed by atoms with van der Waals surface area (Å²) in [7, 11) is 2.62. The Morgan fingerprint density at radius 3 is 1.25 bits per heavy atom. The summed E-state index contributed by atoms with van der Waals surface area (Å²) >= 11 is 0. The second-order valence-corrected chi connectivity index (χ2v) is 1.79. The third kappa shape index (κ3) is 41.3. The molecule has 3 N–H and O–H groups in total. The van der Waals surface area contributed by atoms with Gasteiger partial charge in [-0.3, -0.25) is 0 Å². The molecular formula is C9H15NO6. The van der Waals surface area contributed by atoms with Crippen LogP contribution in [0.5, 0.6) is 0 Å². The first kappa shape index (κ1) is 19.3. The zero-order valence-corrected chi connectivity index (χ0v) is 9.13. The van der Waals surface area contributed by atoms with Gasteiger partial charge in [0.15, 0.2) is 0 Å². The fraction of sp³-hybridized carbons (Fsp3) is 0.222. The van der Waals surface area contributed by atoms with Crippen molar-refractivity contribution in [2.75, 3.05) is 14.2 Å². The van der Waals surface area contributed by atoms with Crippen LogP contribution in [-0.4, -0.2) is 37.4 Å². The Bertz CT molecular complexity index is 224. The van der Waals surface area contributed by atoms with Crippen LogP contribution in [0.1, 0.15) is 0 Å². The van der Waals surface area contributed by atoms with Gasteiger partial charge in [0.1, 0.15) is 0 Å². The summed E-state index contributed by atoms with van der Waals surface area (Å²) in [4.78, 5) is 28.5. The first-order valence-electron chi connectivity index (χ1n) is 3.74. The van der Waals surface area contributed by atoms with Gasteiger partial charge in [0.2, 0.25) is 0 Å². The maximum absolute atomic E-state index is 9.84. The first-order valence-corrected chi connectivity index (χ1v) is 3.74. The van der Waals surface area contributed by atoms with Gasteiger partial charge in [-0.25, -0.2) is 14.4 Å². The zero-order valence-electron chi connectivity index (χ0n) is 9.13. The number of ether oxygens (including phenoxy) is 2. The van der Waals surface area contributed by atoms with E-state index in [0.717, 1.165) is 12.2 Å². The van der Waals surface area contributed by atoms with E-state index >= 15 is 0 Å². The molecule has 0 aliphatic carbocycles. The molecule has 0 aliphatic heterocycles. The van der Waals surface area contributed by atoms with Crippen molar-refractivity contribution in [1.29, 1.82) is 0 Å². The van der Waals surface area contributed by atoms with Crippen molar-refractivity contribution in [3.63, 3.8) is 0 Å². The summed E-state index contributed by atoms with van der Waals surface area (Å²) in [5.74, 6) is -0.787. The van der Waals surface area contributed by atoms with Crippen molar-refractivity contribution < 1.29 is 29.0 Å². The Morgan fingerprint density at radius 2 is 1.25 bits per heavy atom. The molecule has 7 heteroatoms. The van der Waals surface area contributed by atoms with E-state index in [2.05, 4.69) is 28.4 Å². The molecule has 0 bridgehead atoms. The lowest BCUT2D eigenvalue weighted by Gasteiger charge is -1.83. The second kappa shape index (κ2) is 15.2. The summed E-state index contributed by atoms with van der Waals surface area (Å²) in [5, 5.41) is 7.19. The number of nitrogens with two attached hydrogens (primary N) is 1. The van der Waals surface area contributed by atoms with Gasteiger partial charge in [0.05, 0.1) is 14.2 Å². The number of carbonyl (C=O) groups excluding carboxylic acids is 2. The molecule has 0 aromatic rings. The van der Waals surface area contributed by atoms with E-state index in [1.165, 1.54) is 14.2 Å². The largest absolute Gasteiger partial charge is 0.466 e. The normalized spacial score (nSPS) is 6.62. The number of amides is 1. The van der Waals surface area contributed by atoms with E-state index < -0.39 is 18.0 Å². The molecular weight excluding hydrogens is 218 g/mol. The van der Waals surface area contributed by atoms with Gasteiger partial charge < -0.3 is 20.3 Å². The Balaban J connectivity index is -0.000000162. The summed E-state index contributed by atoms with van der Waals surface area (Å²) in [6.45, 7) is 6.31. The van der Waals surface area contributed by atoms with Gasteiger partial charge in [0.25, 0.3) is 0 Å². The SMILES string of the molecule is C=CC(=O)OC.C=CC(=O)OC.NC(=O)O. The van der Waals surface area contributed by atoms with Crippen molar-refractivity contribution in [3.8, 4) is 0 Å². The summed E-state index contributed by atoms with van der Waals surface area (Å²) in [6, 6.07) is 0. The third-order valence-electron chi connectivity index (χ3n) is 0.736. The molecule has 0 saturated heterocycles. The Hall–Kier alpha value is -2.31. The Morgan fingerprint density at radius 1 is 1.06 bits per heavy atom. The van der Waals surface area contributed by atoms with Crippen LogP contribution in [0.25, 0.3) is 0 Å². The predicted molar refractivity (Wildman–Crippen MR) is 56.6 cm³/mol. The molecule has 0 aliphatic rings. The molecule has 0 radical (unpaired) electrons. The van der Waals surface area contributed by atoms with Crippen LogP contribution in [-0.2, 0) is 19.1 Å². The minimum Gasteiger partial charge on any atom is -0.466 e. The minimum atomic E-state index is -1.33. The lowest BCUT2D eigenvalue weighted by atomic mass is 10.7. The summed E-state index contributed by atoms with van der Waals surface area (Å²) in [6.07, 6.45) is 0.889. The fourth-order valence-electron chi connectivity index (χ4n) is 0.167. The lowest BCUT2D eigenvalue weighted by molar-refractivity contribution is -0.135. The second-order valence-electron chi connectivity index (χ2n) is 1.79. The third-order valence-corrected chi connectivity index (χ3v) is 0.736. The molecule has 0 spiro atoms. The molecule has 0 atom stereocenters. The summed E-state index contributed by atoms with van der Waals surface area (Å²) < 4.78 is 8.28. The summed E-state index contributed by atoms with van der Waals surface area (Å²) in [5.41, 5.74) is 4.03. The number of primary amides is 1. The number of esters is 2. The highest BCUT2D eigenvalue weighted by Crippen LogP contribution is 1.68. The van der Waals surface area contributed by atoms with Crippen molar-refractivity contribution in [2.24, 2.45) is 5.73 Å². The van der Waals surface area contributed by atoms with Gasteiger partial charge >= 0.3 is 18.0 Å². The van der Waals surface area contributed by atoms with Gasteiger partial charge in [0, 0.05) is 12.2 Å². The molecule has 0 fully saturated rings. The van der Waals surface area contributed by atoms with Crippen molar-refractivity contribution in [1.82, 2.24) is 0 Å². The Labute approximate surface area is 93.1 Å². The molecule has 0 aromatic heterocycles. The first-order chi connectivity index (χ1) is 7.35. The van der Waals surface area contributed by atoms with E-state index in [4.69, 9.17) is 9.90 Å². The van der Waals surface area contributed by atoms with Crippen LogP contribution in [0.4, 0.5) is 4.79 Å². The van der Waals surface area contributed by atoms with Crippen LogP contribution >= 0.6 is 0 Å². The number of rotatable bonds is 2. The molecule has 1 amide bonds. The molecule has 0 unspecified atom stereocenters. The molecule has 92 valence electrons. The molecule has 0 aromatic carbocycles. The monoisotopic (exact) mass is 233 g/mol. The maximum atomic E-state index is 9.84. The number of hydrogen-bond donors (Lipinski definition) is 2. The quantitative estimate of drug-likeness (QED) is 0.524. The highest BCUT2D eigenvalue weighted by molar-refractivity contribution is 5.81. The number of methoxy groups -OCH3 is 2. The zero-order chi connectivity index (χ0) is 13.6. The van der Waals surface area contributed by atoms with Gasteiger partial charge in [-0.2, -0.15) is 0 Å². The van der Waals surface area contributed by atoms with Crippen molar-refractivity contribution in [3.05, 3.63) is 25.3 Å². The van der Waals surface area contributed by atoms with Crippen LogP contribution in [0.2, 0.25) is 0 Å². The van der Waals surface area contributed by atoms with Gasteiger partial charge in [-0.15, -0.1) is 0 Å². The molecule has 0 rings (SSSR count). The average molecular weight is 233 g/mol. The lowest BCUT2D eigenvalue weighted by Crippen LogP contribution is -2.03. The highest BCUT2D eigenvalue weighted by Gasteiger charge is 1.82. The van der Waals surface area contributed by atoms with Crippen LogP contribution in [0.3, 0.4) is 0 Å². The Kier molecular flexibility index (Phi) is 18.3. The fourth-order valence-corrected chi connectivity index (χ4v) is 0.167. The van der Waals surface area contributed by atoms with E-state index in [-0.39, 0.29) is 0 Å². The standard InChI is InChI=1S/2C4H6O2.CH3NO2/c2*1-3-4(5)6-2;2-1(3)4/h2*3H,1H2,2H3;2H2,(H,3,4). The maximum Gasteiger partial charge on any atom is 0.402 e. The highest BCUT2D eigenvalue weighted by atomic mass is 16.5. The average Bonchev–Trinajstić information content (AvgIpc) is 2.26. The van der Waals surface area contributed by atoms with E-state index in [0.29, 0.717) is 0 Å². The molecule has 16 heavy (non-hydrogen) atoms. The number of hydrogen-bond acceptors (Lipinski definition) is 5. The van der Waals surface area contributed by atoms with Crippen molar-refractivity contribution >= 4 is 18.0 Å². The number of carbonyl (C=O) groups is 3. The van der Waals surface area contributed by atoms with E-state index in [1.807, 2.05) is 0 Å². The smallest absolute Gasteiger partial charge is 0.402 e.